The van der Waals surface area contributed by atoms with E-state index >= 15 is 0 Å². The summed E-state index contributed by atoms with van der Waals surface area (Å²) in [7, 11) is 1.48. The summed E-state index contributed by atoms with van der Waals surface area (Å²) >= 11 is 0. The number of ketones is 1. The Hall–Kier alpha value is -3.58. The van der Waals surface area contributed by atoms with Crippen molar-refractivity contribution in [1.82, 2.24) is 9.80 Å². The van der Waals surface area contributed by atoms with Gasteiger partial charge in [-0.1, -0.05) is 42.9 Å². The van der Waals surface area contributed by atoms with Crippen molar-refractivity contribution in [2.75, 3.05) is 51.3 Å². The number of piperazine rings is 1. The second-order valence-electron chi connectivity index (χ2n) is 10.2. The molecule has 0 saturated carbocycles. The minimum Gasteiger partial charge on any atom is -0.504 e. The maximum atomic E-state index is 13.4. The number of rotatable bonds is 7. The average molecular weight is 502 g/mol. The fourth-order valence-corrected chi connectivity index (χ4v) is 5.53. The van der Waals surface area contributed by atoms with Gasteiger partial charge in [0.25, 0.3) is 5.91 Å². The van der Waals surface area contributed by atoms with E-state index in [4.69, 9.17) is 4.74 Å². The highest BCUT2D eigenvalue weighted by atomic mass is 16.5. The molecular formula is C30H35N3O4. The molecule has 37 heavy (non-hydrogen) atoms. The van der Waals surface area contributed by atoms with E-state index in [1.54, 1.807) is 29.2 Å². The van der Waals surface area contributed by atoms with Crippen molar-refractivity contribution in [3.63, 3.8) is 0 Å². The Labute approximate surface area is 218 Å². The summed E-state index contributed by atoms with van der Waals surface area (Å²) < 4.78 is 5.18. The van der Waals surface area contributed by atoms with E-state index in [9.17, 15) is 14.7 Å². The number of Topliss-reactive ketones (excluding diaryl/α,β-unsaturated/α-hetero) is 1. The number of phenols is 1. The number of allylic oxidation sites excluding steroid dienone is 3. The van der Waals surface area contributed by atoms with Gasteiger partial charge in [0, 0.05) is 45.0 Å². The summed E-state index contributed by atoms with van der Waals surface area (Å²) in [5.74, 6) is 0.825. The van der Waals surface area contributed by atoms with Gasteiger partial charge in [0.05, 0.1) is 24.8 Å². The quantitative estimate of drug-likeness (QED) is 0.611. The van der Waals surface area contributed by atoms with Gasteiger partial charge in [0.2, 0.25) is 0 Å². The van der Waals surface area contributed by atoms with Crippen molar-refractivity contribution in [1.29, 1.82) is 0 Å². The highest BCUT2D eigenvalue weighted by Crippen LogP contribution is 2.32. The molecule has 3 aliphatic rings. The molecular weight excluding hydrogens is 466 g/mol. The third kappa shape index (κ3) is 5.42. The normalized spacial score (nSPS) is 20.2. The van der Waals surface area contributed by atoms with Crippen molar-refractivity contribution in [3.8, 4) is 11.5 Å². The van der Waals surface area contributed by atoms with Crippen molar-refractivity contribution >= 4 is 17.4 Å². The molecule has 1 aliphatic carbocycles. The average Bonchev–Trinajstić information content (AvgIpc) is 2.91. The van der Waals surface area contributed by atoms with Gasteiger partial charge in [-0.2, -0.15) is 0 Å². The lowest BCUT2D eigenvalue weighted by molar-refractivity contribution is 0.0669. The Kier molecular flexibility index (Phi) is 7.33. The number of carbonyl (C=O) groups is 2. The lowest BCUT2D eigenvalue weighted by Crippen LogP contribution is -2.48. The number of carbonyl (C=O) groups excluding carboxylic acids is 2. The van der Waals surface area contributed by atoms with Crippen molar-refractivity contribution in [3.05, 3.63) is 76.9 Å². The lowest BCUT2D eigenvalue weighted by atomic mass is 9.94. The Bertz CT molecular complexity index is 1240. The van der Waals surface area contributed by atoms with Gasteiger partial charge < -0.3 is 19.6 Å². The third-order valence-corrected chi connectivity index (χ3v) is 7.56. The van der Waals surface area contributed by atoms with Gasteiger partial charge >= 0.3 is 0 Å². The smallest absolute Gasteiger partial charge is 0.255 e. The fraction of sp³-hybridized carbons (Fsp3) is 0.400. The van der Waals surface area contributed by atoms with Gasteiger partial charge in [-0.05, 0) is 48.6 Å². The van der Waals surface area contributed by atoms with Gasteiger partial charge in [-0.25, -0.2) is 0 Å². The topological polar surface area (TPSA) is 73.3 Å². The van der Waals surface area contributed by atoms with E-state index in [-0.39, 0.29) is 30.5 Å². The van der Waals surface area contributed by atoms with Crippen LogP contribution in [0.15, 0.2) is 60.2 Å². The van der Waals surface area contributed by atoms with Crippen LogP contribution in [0, 0.1) is 5.92 Å². The molecule has 1 saturated heterocycles. The SMILES string of the molecule is COc1cc(CN2CC(=O)c3c(cccc3N3CCN(CCC4=CC(C)CC=C4)CC3)C2=O)ccc1O. The highest BCUT2D eigenvalue weighted by molar-refractivity contribution is 6.16. The van der Waals surface area contributed by atoms with Crippen LogP contribution in [0.1, 0.15) is 46.0 Å². The standard InChI is InChI=1S/C30H35N3O4/c1-21-5-3-6-22(17-21)11-12-31-13-15-32(16-14-31)25-8-4-7-24-29(25)27(35)20-33(30(24)36)19-23-9-10-26(34)28(18-23)37-2/h3-4,6-10,17-18,21,34H,5,11-16,19-20H2,1-2H3. The van der Waals surface area contributed by atoms with Crippen molar-refractivity contribution in [2.24, 2.45) is 5.92 Å². The minimum absolute atomic E-state index is 0.0348. The predicted octanol–water partition coefficient (Wildman–Crippen LogP) is 4.27. The maximum Gasteiger partial charge on any atom is 0.255 e. The van der Waals surface area contributed by atoms with Crippen LogP contribution in [-0.4, -0.2) is 73.0 Å². The molecule has 1 atom stereocenters. The number of hydrogen-bond donors (Lipinski definition) is 1. The lowest BCUT2D eigenvalue weighted by Gasteiger charge is -2.38. The molecule has 2 aromatic rings. The molecule has 1 fully saturated rings. The van der Waals surface area contributed by atoms with E-state index in [1.165, 1.54) is 12.7 Å². The number of phenolic OH excluding ortho intramolecular Hbond substituents is 1. The van der Waals surface area contributed by atoms with E-state index in [2.05, 4.69) is 35.0 Å². The van der Waals surface area contributed by atoms with Crippen molar-refractivity contribution in [2.45, 2.75) is 26.3 Å². The first-order valence-electron chi connectivity index (χ1n) is 13.1. The summed E-state index contributed by atoms with van der Waals surface area (Å²) in [5, 5.41) is 9.86. The number of methoxy groups -OCH3 is 1. The zero-order valence-electron chi connectivity index (χ0n) is 21.7. The van der Waals surface area contributed by atoms with Gasteiger partial charge in [0.15, 0.2) is 17.3 Å². The van der Waals surface area contributed by atoms with Crippen LogP contribution in [0.2, 0.25) is 0 Å². The molecule has 0 aromatic heterocycles. The Morgan fingerprint density at radius 1 is 1.08 bits per heavy atom. The Morgan fingerprint density at radius 3 is 2.65 bits per heavy atom. The van der Waals surface area contributed by atoms with Gasteiger partial charge in [-0.3, -0.25) is 14.5 Å². The van der Waals surface area contributed by atoms with E-state index in [0.717, 1.165) is 56.8 Å². The van der Waals surface area contributed by atoms with Crippen LogP contribution in [0.5, 0.6) is 11.5 Å². The van der Waals surface area contributed by atoms with E-state index in [1.807, 2.05) is 12.1 Å². The summed E-state index contributed by atoms with van der Waals surface area (Å²) in [6.07, 6.45) is 9.12. The minimum atomic E-state index is -0.148. The second kappa shape index (κ2) is 10.8. The van der Waals surface area contributed by atoms with E-state index < -0.39 is 0 Å². The number of nitrogens with zero attached hydrogens (tertiary/aromatic N) is 3. The number of fused-ring (bicyclic) bond motifs is 1. The van der Waals surface area contributed by atoms with Crippen LogP contribution in [-0.2, 0) is 6.54 Å². The van der Waals surface area contributed by atoms with Crippen molar-refractivity contribution < 1.29 is 19.4 Å². The number of benzene rings is 2. The zero-order chi connectivity index (χ0) is 25.9. The van der Waals surface area contributed by atoms with Crippen LogP contribution in [0.4, 0.5) is 5.69 Å². The molecule has 5 rings (SSSR count). The molecule has 2 aromatic carbocycles. The number of aromatic hydroxyl groups is 1. The number of hydrogen-bond acceptors (Lipinski definition) is 6. The molecule has 1 amide bonds. The fourth-order valence-electron chi connectivity index (χ4n) is 5.53. The zero-order valence-corrected chi connectivity index (χ0v) is 21.7. The molecule has 2 heterocycles. The molecule has 1 unspecified atom stereocenters. The summed E-state index contributed by atoms with van der Waals surface area (Å²) in [6, 6.07) is 10.6. The molecule has 194 valence electrons. The largest absolute Gasteiger partial charge is 0.504 e. The maximum absolute atomic E-state index is 13.4. The Balaban J connectivity index is 1.25. The molecule has 1 N–H and O–H groups in total. The summed E-state index contributed by atoms with van der Waals surface area (Å²) in [4.78, 5) is 33.0. The van der Waals surface area contributed by atoms with Crippen LogP contribution in [0.3, 0.4) is 0 Å². The van der Waals surface area contributed by atoms with E-state index in [0.29, 0.717) is 22.8 Å². The highest BCUT2D eigenvalue weighted by Gasteiger charge is 2.33. The molecule has 0 bridgehead atoms. The molecule has 2 aliphatic heterocycles. The first kappa shape index (κ1) is 25.1. The van der Waals surface area contributed by atoms with Gasteiger partial charge in [0.1, 0.15) is 0 Å². The summed E-state index contributed by atoms with van der Waals surface area (Å²) in [5.41, 5.74) is 4.10. The third-order valence-electron chi connectivity index (χ3n) is 7.56. The molecule has 0 radical (unpaired) electrons. The molecule has 7 heteroatoms. The van der Waals surface area contributed by atoms with Crippen LogP contribution >= 0.6 is 0 Å². The predicted molar refractivity (Wildman–Crippen MR) is 144 cm³/mol. The number of ether oxygens (including phenoxy) is 1. The van der Waals surface area contributed by atoms with Gasteiger partial charge in [-0.15, -0.1) is 0 Å². The van der Waals surface area contributed by atoms with Crippen LogP contribution < -0.4 is 9.64 Å². The Morgan fingerprint density at radius 2 is 1.89 bits per heavy atom. The number of amides is 1. The first-order chi connectivity index (χ1) is 17.9. The number of anilines is 1. The molecule has 7 nitrogen and oxygen atoms in total. The molecule has 0 spiro atoms. The second-order valence-corrected chi connectivity index (χ2v) is 10.2. The summed E-state index contributed by atoms with van der Waals surface area (Å²) in [6.45, 7) is 7.15. The van der Waals surface area contributed by atoms with Crippen LogP contribution in [0.25, 0.3) is 0 Å². The monoisotopic (exact) mass is 501 g/mol. The first-order valence-corrected chi connectivity index (χ1v) is 13.1.